The van der Waals surface area contributed by atoms with Gasteiger partial charge in [0.05, 0.1) is 12.7 Å². The first kappa shape index (κ1) is 10.4. The van der Waals surface area contributed by atoms with Crippen LogP contribution >= 0.6 is 0 Å². The van der Waals surface area contributed by atoms with Crippen LogP contribution in [0.4, 0.5) is 0 Å². The fourth-order valence-corrected chi connectivity index (χ4v) is 0.565. The number of aliphatic hydroxyl groups is 2. The quantitative estimate of drug-likeness (QED) is 0.474. The first-order valence-corrected chi connectivity index (χ1v) is 3.72. The van der Waals surface area contributed by atoms with E-state index >= 15 is 0 Å². The Hall–Kier alpha value is -0.610. The normalized spacial score (nSPS) is 18.3. The molecule has 11 heavy (non-hydrogen) atoms. The van der Waals surface area contributed by atoms with Crippen molar-refractivity contribution < 1.29 is 15.0 Å². The Morgan fingerprint density at radius 2 is 2.27 bits per heavy atom. The molecule has 66 valence electrons. The topological polar surface area (TPSA) is 69.6 Å². The van der Waals surface area contributed by atoms with Gasteiger partial charge in [-0.05, 0) is 13.3 Å². The minimum Gasteiger partial charge on any atom is -0.394 e. The number of hydrogen-bond donors (Lipinski definition) is 3. The highest BCUT2D eigenvalue weighted by molar-refractivity contribution is 5.77. The predicted molar refractivity (Wildman–Crippen MR) is 41.0 cm³/mol. The Balaban J connectivity index is 0.000000187. The highest BCUT2D eigenvalue weighted by Crippen LogP contribution is 1.93. The lowest BCUT2D eigenvalue weighted by molar-refractivity contribution is -0.119. The summed E-state index contributed by atoms with van der Waals surface area (Å²) < 4.78 is 0. The number of aliphatic hydroxyl groups excluding tert-OH is 2. The summed E-state index contributed by atoms with van der Waals surface area (Å²) in [5.41, 5.74) is 0. The molecule has 4 nitrogen and oxygen atoms in total. The average molecular weight is 161 g/mol. The van der Waals surface area contributed by atoms with Crippen molar-refractivity contribution in [3.63, 3.8) is 0 Å². The Morgan fingerprint density at radius 1 is 1.73 bits per heavy atom. The van der Waals surface area contributed by atoms with Crippen LogP contribution in [0.1, 0.15) is 19.8 Å². The van der Waals surface area contributed by atoms with Gasteiger partial charge >= 0.3 is 0 Å². The van der Waals surface area contributed by atoms with Gasteiger partial charge in [-0.25, -0.2) is 0 Å². The molecule has 1 amide bonds. The SMILES string of the molecule is CC(O)CO.O=C1CCCN1. The van der Waals surface area contributed by atoms with Gasteiger partial charge < -0.3 is 15.5 Å². The first-order chi connectivity index (χ1) is 5.16. The van der Waals surface area contributed by atoms with Gasteiger partial charge in [-0.15, -0.1) is 0 Å². The molecule has 1 rings (SSSR count). The Morgan fingerprint density at radius 3 is 2.36 bits per heavy atom. The summed E-state index contributed by atoms with van der Waals surface area (Å²) in [4.78, 5) is 10.1. The molecule has 0 aromatic carbocycles. The van der Waals surface area contributed by atoms with Crippen LogP contribution in [0.25, 0.3) is 0 Å². The molecule has 0 aliphatic carbocycles. The molecule has 1 aliphatic heterocycles. The molecule has 1 fully saturated rings. The van der Waals surface area contributed by atoms with Crippen molar-refractivity contribution in [3.05, 3.63) is 0 Å². The summed E-state index contributed by atoms with van der Waals surface area (Å²) >= 11 is 0. The van der Waals surface area contributed by atoms with Gasteiger partial charge in [0.25, 0.3) is 0 Å². The fourth-order valence-electron chi connectivity index (χ4n) is 0.565. The fraction of sp³-hybridized carbons (Fsp3) is 0.857. The molecule has 0 saturated carbocycles. The van der Waals surface area contributed by atoms with Crippen molar-refractivity contribution in [2.24, 2.45) is 0 Å². The van der Waals surface area contributed by atoms with Crippen LogP contribution < -0.4 is 5.32 Å². The van der Waals surface area contributed by atoms with Crippen LogP contribution in [0.3, 0.4) is 0 Å². The van der Waals surface area contributed by atoms with Gasteiger partial charge in [-0.2, -0.15) is 0 Å². The second kappa shape index (κ2) is 6.12. The second-order valence-electron chi connectivity index (χ2n) is 2.49. The summed E-state index contributed by atoms with van der Waals surface area (Å²) in [6.07, 6.45) is 1.20. The maximum atomic E-state index is 10.1. The van der Waals surface area contributed by atoms with E-state index in [2.05, 4.69) is 5.32 Å². The molecule has 1 heterocycles. The molecule has 3 N–H and O–H groups in total. The third-order valence-electron chi connectivity index (χ3n) is 1.17. The third-order valence-corrected chi connectivity index (χ3v) is 1.17. The van der Waals surface area contributed by atoms with Gasteiger partial charge in [0.2, 0.25) is 5.91 Å². The Kier molecular flexibility index (Phi) is 5.78. The van der Waals surface area contributed by atoms with E-state index in [0.29, 0.717) is 0 Å². The monoisotopic (exact) mass is 161 g/mol. The molecule has 1 saturated heterocycles. The van der Waals surface area contributed by atoms with Gasteiger partial charge in [-0.1, -0.05) is 0 Å². The largest absolute Gasteiger partial charge is 0.394 e. The van der Waals surface area contributed by atoms with E-state index in [1.54, 1.807) is 0 Å². The highest BCUT2D eigenvalue weighted by atomic mass is 16.3. The van der Waals surface area contributed by atoms with Crippen LogP contribution in [0.5, 0.6) is 0 Å². The third kappa shape index (κ3) is 7.29. The van der Waals surface area contributed by atoms with Gasteiger partial charge in [0.15, 0.2) is 0 Å². The molecule has 1 atom stereocenters. The van der Waals surface area contributed by atoms with Crippen molar-refractivity contribution in [1.82, 2.24) is 5.32 Å². The number of hydrogen-bond acceptors (Lipinski definition) is 3. The van der Waals surface area contributed by atoms with Crippen molar-refractivity contribution in [2.75, 3.05) is 13.2 Å². The maximum absolute atomic E-state index is 10.1. The van der Waals surface area contributed by atoms with Crippen LogP contribution in [0.15, 0.2) is 0 Å². The summed E-state index contributed by atoms with van der Waals surface area (Å²) in [5.74, 6) is 0.204. The predicted octanol–water partition coefficient (Wildman–Crippen LogP) is -0.744. The number of carbonyl (C=O) groups is 1. The van der Waals surface area contributed by atoms with E-state index in [-0.39, 0.29) is 12.5 Å². The van der Waals surface area contributed by atoms with E-state index in [0.717, 1.165) is 19.4 Å². The summed E-state index contributed by atoms with van der Waals surface area (Å²) in [6, 6.07) is 0. The van der Waals surface area contributed by atoms with Gasteiger partial charge in [-0.3, -0.25) is 4.79 Å². The molecule has 1 unspecified atom stereocenters. The molecular formula is C7H15NO3. The minimum atomic E-state index is -0.560. The average Bonchev–Trinajstić information content (AvgIpc) is 2.41. The summed E-state index contributed by atoms with van der Waals surface area (Å²) in [6.45, 7) is 2.28. The lowest BCUT2D eigenvalue weighted by Crippen LogP contribution is -2.12. The van der Waals surface area contributed by atoms with E-state index in [1.807, 2.05) is 0 Å². The van der Waals surface area contributed by atoms with Crippen LogP contribution in [-0.4, -0.2) is 35.4 Å². The zero-order valence-corrected chi connectivity index (χ0v) is 6.71. The molecule has 0 aromatic rings. The van der Waals surface area contributed by atoms with Crippen LogP contribution in [0.2, 0.25) is 0 Å². The van der Waals surface area contributed by atoms with E-state index in [9.17, 15) is 4.79 Å². The van der Waals surface area contributed by atoms with Crippen molar-refractivity contribution in [3.8, 4) is 0 Å². The number of nitrogens with one attached hydrogen (secondary N) is 1. The van der Waals surface area contributed by atoms with Gasteiger partial charge in [0.1, 0.15) is 0 Å². The smallest absolute Gasteiger partial charge is 0.220 e. The van der Waals surface area contributed by atoms with E-state index in [4.69, 9.17) is 10.2 Å². The molecule has 0 bridgehead atoms. The number of rotatable bonds is 1. The number of amides is 1. The van der Waals surface area contributed by atoms with Crippen LogP contribution in [-0.2, 0) is 4.79 Å². The van der Waals surface area contributed by atoms with Crippen molar-refractivity contribution in [2.45, 2.75) is 25.9 Å². The molecule has 4 heteroatoms. The molecule has 0 aromatic heterocycles. The first-order valence-electron chi connectivity index (χ1n) is 3.72. The molecular weight excluding hydrogens is 146 g/mol. The van der Waals surface area contributed by atoms with E-state index in [1.165, 1.54) is 6.92 Å². The summed E-state index contributed by atoms with van der Waals surface area (Å²) in [7, 11) is 0. The minimum absolute atomic E-state index is 0.139. The Labute approximate surface area is 66.2 Å². The highest BCUT2D eigenvalue weighted by Gasteiger charge is 2.05. The summed E-state index contributed by atoms with van der Waals surface area (Å²) in [5, 5.41) is 18.7. The van der Waals surface area contributed by atoms with Crippen LogP contribution in [0, 0.1) is 0 Å². The van der Waals surface area contributed by atoms with Gasteiger partial charge in [0, 0.05) is 13.0 Å². The lowest BCUT2D eigenvalue weighted by Gasteiger charge is -1.90. The zero-order valence-electron chi connectivity index (χ0n) is 6.71. The molecule has 0 spiro atoms. The number of carbonyl (C=O) groups excluding carboxylic acids is 1. The standard InChI is InChI=1S/C4H7NO.C3H8O2/c6-4-2-1-3-5-4;1-3(5)2-4/h1-3H2,(H,5,6);3-5H,2H2,1H3. The zero-order chi connectivity index (χ0) is 8.69. The molecule has 0 radical (unpaired) electrons. The molecule has 1 aliphatic rings. The van der Waals surface area contributed by atoms with Crippen molar-refractivity contribution >= 4 is 5.91 Å². The van der Waals surface area contributed by atoms with E-state index < -0.39 is 6.10 Å². The Bertz CT molecular complexity index is 106. The maximum Gasteiger partial charge on any atom is 0.220 e. The van der Waals surface area contributed by atoms with Crippen molar-refractivity contribution in [1.29, 1.82) is 0 Å². The second-order valence-corrected chi connectivity index (χ2v) is 2.49. The lowest BCUT2D eigenvalue weighted by atomic mass is 10.4.